The van der Waals surface area contributed by atoms with E-state index in [0.717, 1.165) is 12.6 Å². The first-order valence-corrected chi connectivity index (χ1v) is 8.25. The van der Waals surface area contributed by atoms with Crippen LogP contribution in [0.3, 0.4) is 0 Å². The summed E-state index contributed by atoms with van der Waals surface area (Å²) in [6, 6.07) is 9.27. The monoisotopic (exact) mass is 286 g/mol. The minimum atomic E-state index is 0.486. The lowest BCUT2D eigenvalue weighted by Gasteiger charge is -2.05. The molecule has 3 heteroatoms. The summed E-state index contributed by atoms with van der Waals surface area (Å²) in [7, 11) is 0. The zero-order valence-corrected chi connectivity index (χ0v) is 13.3. The van der Waals surface area contributed by atoms with Crippen molar-refractivity contribution in [3.8, 4) is 10.6 Å². The lowest BCUT2D eigenvalue weighted by molar-refractivity contribution is 0.681. The molecule has 0 aliphatic heterocycles. The van der Waals surface area contributed by atoms with Crippen molar-refractivity contribution < 1.29 is 0 Å². The second-order valence-electron chi connectivity index (χ2n) is 5.95. The van der Waals surface area contributed by atoms with Gasteiger partial charge in [-0.15, -0.1) is 11.3 Å². The standard InChI is InChI=1S/C17H22N2S/c1-11(2)16-15(10-18-13-8-9-13)20-17(19-16)14-7-5-4-6-12(14)3/h4-7,11,13,18H,8-10H2,1-3H3. The molecular formula is C17H22N2S. The van der Waals surface area contributed by atoms with Crippen molar-refractivity contribution in [3.63, 3.8) is 0 Å². The predicted molar refractivity (Wildman–Crippen MR) is 86.2 cm³/mol. The van der Waals surface area contributed by atoms with Crippen LogP contribution in [0.4, 0.5) is 0 Å². The van der Waals surface area contributed by atoms with E-state index in [9.17, 15) is 0 Å². The van der Waals surface area contributed by atoms with Gasteiger partial charge in [-0.25, -0.2) is 4.98 Å². The summed E-state index contributed by atoms with van der Waals surface area (Å²) in [5.41, 5.74) is 3.84. The van der Waals surface area contributed by atoms with E-state index in [1.165, 1.54) is 39.5 Å². The Balaban J connectivity index is 1.91. The lowest BCUT2D eigenvalue weighted by Crippen LogP contribution is -2.15. The van der Waals surface area contributed by atoms with Crippen LogP contribution in [0.15, 0.2) is 24.3 Å². The number of thiazole rings is 1. The number of nitrogens with one attached hydrogen (secondary N) is 1. The molecule has 0 saturated heterocycles. The van der Waals surface area contributed by atoms with Crippen LogP contribution in [0.1, 0.15) is 48.7 Å². The Hall–Kier alpha value is -1.19. The third-order valence-corrected chi connectivity index (χ3v) is 4.88. The number of hydrogen-bond donors (Lipinski definition) is 1. The maximum absolute atomic E-state index is 4.92. The molecule has 1 aliphatic rings. The van der Waals surface area contributed by atoms with Gasteiger partial charge in [-0.05, 0) is 31.2 Å². The summed E-state index contributed by atoms with van der Waals surface area (Å²) < 4.78 is 0. The fourth-order valence-corrected chi connectivity index (χ4v) is 3.65. The third-order valence-electron chi connectivity index (χ3n) is 3.78. The molecule has 2 aromatic rings. The lowest BCUT2D eigenvalue weighted by atomic mass is 10.1. The molecule has 106 valence electrons. The quantitative estimate of drug-likeness (QED) is 0.875. The van der Waals surface area contributed by atoms with Gasteiger partial charge in [0.05, 0.1) is 5.69 Å². The molecule has 1 aliphatic carbocycles. The number of hydrogen-bond acceptors (Lipinski definition) is 3. The number of rotatable bonds is 5. The third kappa shape index (κ3) is 2.94. The molecule has 2 nitrogen and oxygen atoms in total. The molecule has 0 atom stereocenters. The Kier molecular flexibility index (Phi) is 3.90. The first-order chi connectivity index (χ1) is 9.65. The van der Waals surface area contributed by atoms with E-state index in [-0.39, 0.29) is 0 Å². The van der Waals surface area contributed by atoms with Gasteiger partial charge in [-0.1, -0.05) is 38.1 Å². The van der Waals surface area contributed by atoms with E-state index in [4.69, 9.17) is 4.98 Å². The van der Waals surface area contributed by atoms with Gasteiger partial charge >= 0.3 is 0 Å². The van der Waals surface area contributed by atoms with E-state index in [0.29, 0.717) is 5.92 Å². The van der Waals surface area contributed by atoms with Gasteiger partial charge in [0, 0.05) is 23.0 Å². The molecule has 0 radical (unpaired) electrons. The molecule has 1 N–H and O–H groups in total. The van der Waals surface area contributed by atoms with E-state index >= 15 is 0 Å². The molecule has 20 heavy (non-hydrogen) atoms. The summed E-state index contributed by atoms with van der Waals surface area (Å²) >= 11 is 1.85. The van der Waals surface area contributed by atoms with Crippen LogP contribution in [0, 0.1) is 6.92 Å². The maximum Gasteiger partial charge on any atom is 0.124 e. The Bertz CT molecular complexity index is 597. The highest BCUT2D eigenvalue weighted by Gasteiger charge is 2.22. The molecule has 1 saturated carbocycles. The summed E-state index contributed by atoms with van der Waals surface area (Å²) in [4.78, 5) is 6.33. The Morgan fingerprint density at radius 1 is 1.30 bits per heavy atom. The average Bonchev–Trinajstić information content (AvgIpc) is 3.15. The highest BCUT2D eigenvalue weighted by Crippen LogP contribution is 2.33. The van der Waals surface area contributed by atoms with Crippen molar-refractivity contribution >= 4 is 11.3 Å². The largest absolute Gasteiger partial charge is 0.309 e. The van der Waals surface area contributed by atoms with Crippen LogP contribution in [0.25, 0.3) is 10.6 Å². The van der Waals surface area contributed by atoms with Gasteiger partial charge in [-0.3, -0.25) is 0 Å². The normalized spacial score (nSPS) is 15.0. The predicted octanol–water partition coefficient (Wildman–Crippen LogP) is 4.49. The molecule has 0 unspecified atom stereocenters. The van der Waals surface area contributed by atoms with Crippen LogP contribution in [-0.2, 0) is 6.54 Å². The Morgan fingerprint density at radius 3 is 2.70 bits per heavy atom. The van der Waals surface area contributed by atoms with Crippen LogP contribution in [-0.4, -0.2) is 11.0 Å². The average molecular weight is 286 g/mol. The van der Waals surface area contributed by atoms with Gasteiger partial charge in [-0.2, -0.15) is 0 Å². The number of aromatic nitrogens is 1. The minimum absolute atomic E-state index is 0.486. The van der Waals surface area contributed by atoms with Gasteiger partial charge in [0.25, 0.3) is 0 Å². The second-order valence-corrected chi connectivity index (χ2v) is 7.04. The van der Waals surface area contributed by atoms with E-state index in [2.05, 4.69) is 50.4 Å². The summed E-state index contributed by atoms with van der Waals surface area (Å²) in [6.45, 7) is 7.60. The zero-order chi connectivity index (χ0) is 14.1. The van der Waals surface area contributed by atoms with Crippen molar-refractivity contribution in [1.29, 1.82) is 0 Å². The highest BCUT2D eigenvalue weighted by molar-refractivity contribution is 7.15. The van der Waals surface area contributed by atoms with Gasteiger partial charge < -0.3 is 5.32 Å². The minimum Gasteiger partial charge on any atom is -0.309 e. The summed E-state index contributed by atoms with van der Waals surface area (Å²) in [6.07, 6.45) is 2.67. The maximum atomic E-state index is 4.92. The zero-order valence-electron chi connectivity index (χ0n) is 12.4. The molecule has 1 aromatic carbocycles. The fourth-order valence-electron chi connectivity index (χ4n) is 2.39. The summed E-state index contributed by atoms with van der Waals surface area (Å²) in [5, 5.41) is 4.78. The van der Waals surface area contributed by atoms with Crippen molar-refractivity contribution in [3.05, 3.63) is 40.4 Å². The number of benzene rings is 1. The first kappa shape index (κ1) is 13.8. The molecule has 3 rings (SSSR count). The molecule has 0 spiro atoms. The van der Waals surface area contributed by atoms with Crippen LogP contribution < -0.4 is 5.32 Å². The number of nitrogens with zero attached hydrogens (tertiary/aromatic N) is 1. The molecule has 1 aromatic heterocycles. The number of aryl methyl sites for hydroxylation is 1. The smallest absolute Gasteiger partial charge is 0.124 e. The van der Waals surface area contributed by atoms with Crippen LogP contribution in [0.2, 0.25) is 0 Å². The van der Waals surface area contributed by atoms with E-state index in [1.807, 2.05) is 11.3 Å². The topological polar surface area (TPSA) is 24.9 Å². The molecule has 1 fully saturated rings. The van der Waals surface area contributed by atoms with Crippen LogP contribution >= 0.6 is 11.3 Å². The van der Waals surface area contributed by atoms with E-state index in [1.54, 1.807) is 0 Å². The van der Waals surface area contributed by atoms with Crippen molar-refractivity contribution in [2.45, 2.75) is 52.1 Å². The summed E-state index contributed by atoms with van der Waals surface area (Å²) in [5.74, 6) is 0.486. The van der Waals surface area contributed by atoms with Gasteiger partial charge in [0.1, 0.15) is 5.01 Å². The highest BCUT2D eigenvalue weighted by atomic mass is 32.1. The Labute approximate surface area is 125 Å². The van der Waals surface area contributed by atoms with E-state index < -0.39 is 0 Å². The molecule has 0 bridgehead atoms. The second kappa shape index (κ2) is 5.66. The van der Waals surface area contributed by atoms with Crippen molar-refractivity contribution in [2.75, 3.05) is 0 Å². The van der Waals surface area contributed by atoms with Gasteiger partial charge in [0.2, 0.25) is 0 Å². The fraction of sp³-hybridized carbons (Fsp3) is 0.471. The SMILES string of the molecule is Cc1ccccc1-c1nc(C(C)C)c(CNC2CC2)s1. The van der Waals surface area contributed by atoms with Gasteiger partial charge in [0.15, 0.2) is 0 Å². The van der Waals surface area contributed by atoms with Crippen LogP contribution in [0.5, 0.6) is 0 Å². The molecular weight excluding hydrogens is 264 g/mol. The molecule has 1 heterocycles. The van der Waals surface area contributed by atoms with Crippen molar-refractivity contribution in [1.82, 2.24) is 10.3 Å². The molecule has 0 amide bonds. The Morgan fingerprint density at radius 2 is 2.05 bits per heavy atom. The van der Waals surface area contributed by atoms with Crippen molar-refractivity contribution in [2.24, 2.45) is 0 Å². The first-order valence-electron chi connectivity index (χ1n) is 7.44.